The minimum Gasteiger partial charge on any atom is -0.324 e. The van der Waals surface area contributed by atoms with Crippen molar-refractivity contribution in [3.63, 3.8) is 0 Å². The molecule has 3 aromatic rings. The summed E-state index contributed by atoms with van der Waals surface area (Å²) in [6.45, 7) is 0.788. The number of rotatable bonds is 8. The number of aryl methyl sites for hydroxylation is 1. The van der Waals surface area contributed by atoms with E-state index in [1.54, 1.807) is 12.1 Å². The summed E-state index contributed by atoms with van der Waals surface area (Å²) in [7, 11) is -2.30. The fraction of sp³-hybridized carbons (Fsp3) is 0.448. The Bertz CT molecular complexity index is 1620. The molecule has 2 aliphatic heterocycles. The summed E-state index contributed by atoms with van der Waals surface area (Å²) in [5, 5.41) is 10.4. The highest BCUT2D eigenvalue weighted by atomic mass is 35.5. The number of nitrogens with zero attached hydrogens (tertiary/aromatic N) is 3. The van der Waals surface area contributed by atoms with Crippen LogP contribution in [0.4, 0.5) is 23.2 Å². The van der Waals surface area contributed by atoms with Gasteiger partial charge in [0, 0.05) is 48.5 Å². The normalized spacial score (nSPS) is 23.0. The van der Waals surface area contributed by atoms with Crippen molar-refractivity contribution < 1.29 is 30.8 Å². The largest absolute Gasteiger partial charge is 0.433 e. The number of sulfonamides is 1. The van der Waals surface area contributed by atoms with Gasteiger partial charge in [-0.2, -0.15) is 22.6 Å². The van der Waals surface area contributed by atoms with E-state index < -0.39 is 45.6 Å². The predicted molar refractivity (Wildman–Crippen MR) is 158 cm³/mol. The fourth-order valence-corrected chi connectivity index (χ4v) is 7.93. The monoisotopic (exact) mass is 656 g/mol. The molecule has 2 saturated heterocycles. The number of anilines is 1. The van der Waals surface area contributed by atoms with Crippen molar-refractivity contribution in [2.75, 3.05) is 24.2 Å². The highest BCUT2D eigenvalue weighted by Crippen LogP contribution is 2.35. The number of carbonyl (C=O) groups is 1. The van der Waals surface area contributed by atoms with Crippen molar-refractivity contribution in [1.29, 1.82) is 0 Å². The second-order valence-corrected chi connectivity index (χ2v) is 13.7. The van der Waals surface area contributed by atoms with Gasteiger partial charge in [0.05, 0.1) is 23.4 Å². The molecule has 1 amide bonds. The third-order valence-corrected chi connectivity index (χ3v) is 10.5. The number of hydrogen-bond donors (Lipinski definition) is 3. The molecule has 238 valence electrons. The van der Waals surface area contributed by atoms with Crippen LogP contribution in [0.1, 0.15) is 47.7 Å². The molecule has 0 saturated carbocycles. The Morgan fingerprint density at radius 1 is 1.23 bits per heavy atom. The van der Waals surface area contributed by atoms with Gasteiger partial charge in [-0.05, 0) is 61.6 Å². The average Bonchev–Trinajstić information content (AvgIpc) is 3.30. The van der Waals surface area contributed by atoms with Gasteiger partial charge in [0.2, 0.25) is 15.9 Å². The Morgan fingerprint density at radius 2 is 1.95 bits per heavy atom. The Hall–Kier alpha value is -3.04. The number of alkyl halides is 3. The molecule has 2 fully saturated rings. The lowest BCUT2D eigenvalue weighted by Crippen LogP contribution is -2.57. The number of hydrogen-bond acceptors (Lipinski definition) is 6. The number of amides is 1. The molecular weight excluding hydrogens is 624 g/mol. The smallest absolute Gasteiger partial charge is 0.324 e. The van der Waals surface area contributed by atoms with Crippen molar-refractivity contribution in [2.45, 2.75) is 55.9 Å². The number of nitrogens with one attached hydrogen (secondary N) is 2. The molecule has 1 aromatic heterocycles. The third-order valence-electron chi connectivity index (χ3n) is 8.26. The number of fused-ring (bicyclic) bond motifs is 2. The van der Waals surface area contributed by atoms with Crippen molar-refractivity contribution in [2.24, 2.45) is 12.8 Å². The predicted octanol–water partition coefficient (Wildman–Crippen LogP) is 4.03. The summed E-state index contributed by atoms with van der Waals surface area (Å²) >= 11 is 6.02. The highest BCUT2D eigenvalue weighted by Gasteiger charge is 2.39. The van der Waals surface area contributed by atoms with Crippen LogP contribution in [-0.2, 0) is 34.5 Å². The zero-order valence-corrected chi connectivity index (χ0v) is 25.4. The van der Waals surface area contributed by atoms with E-state index in [1.807, 2.05) is 0 Å². The molecular formula is C29H33ClF4N6O3S. The van der Waals surface area contributed by atoms with Crippen molar-refractivity contribution in [1.82, 2.24) is 19.4 Å². The van der Waals surface area contributed by atoms with Gasteiger partial charge in [0.25, 0.3) is 0 Å². The minimum absolute atomic E-state index is 0.0656. The van der Waals surface area contributed by atoms with Crippen molar-refractivity contribution >= 4 is 33.2 Å². The first kappa shape index (κ1) is 32.4. The summed E-state index contributed by atoms with van der Waals surface area (Å²) < 4.78 is 83.8. The molecule has 4 N–H and O–H groups in total. The fourth-order valence-electron chi connectivity index (χ4n) is 5.99. The minimum atomic E-state index is -4.69. The van der Waals surface area contributed by atoms with Crippen molar-refractivity contribution in [3.8, 4) is 0 Å². The van der Waals surface area contributed by atoms with E-state index in [4.69, 9.17) is 17.3 Å². The second-order valence-electron chi connectivity index (χ2n) is 11.2. The molecule has 2 aromatic carbocycles. The van der Waals surface area contributed by atoms with Gasteiger partial charge < -0.3 is 16.4 Å². The molecule has 44 heavy (non-hydrogen) atoms. The third kappa shape index (κ3) is 6.94. The van der Waals surface area contributed by atoms with Gasteiger partial charge in [-0.1, -0.05) is 29.8 Å². The Morgan fingerprint density at radius 3 is 2.64 bits per heavy atom. The quantitative estimate of drug-likeness (QED) is 0.315. The molecule has 5 unspecified atom stereocenters. The van der Waals surface area contributed by atoms with Crippen LogP contribution in [0.5, 0.6) is 0 Å². The van der Waals surface area contributed by atoms with Crippen LogP contribution in [0, 0.1) is 5.82 Å². The SMILES string of the molecule is Cn1nc(C(c2ccc(Cl)cc2)C(N)C(=O)Nc2cccc(F)c2CCC2CNC3CCCS(=O)(=O)N2C3)cc1C(F)(F)F. The molecule has 5 rings (SSSR count). The maximum atomic E-state index is 15.1. The van der Waals surface area contributed by atoms with Gasteiger partial charge >= 0.3 is 6.18 Å². The lowest BCUT2D eigenvalue weighted by Gasteiger charge is -2.37. The zero-order valence-electron chi connectivity index (χ0n) is 23.8. The maximum absolute atomic E-state index is 15.1. The van der Waals surface area contributed by atoms with Crippen LogP contribution in [0.2, 0.25) is 5.02 Å². The maximum Gasteiger partial charge on any atom is 0.433 e. The van der Waals surface area contributed by atoms with Crippen LogP contribution in [0.15, 0.2) is 48.5 Å². The molecule has 5 atom stereocenters. The molecule has 15 heteroatoms. The summed E-state index contributed by atoms with van der Waals surface area (Å²) in [6.07, 6.45) is -2.93. The topological polar surface area (TPSA) is 122 Å². The van der Waals surface area contributed by atoms with E-state index >= 15 is 4.39 Å². The van der Waals surface area contributed by atoms with Crippen LogP contribution in [0.3, 0.4) is 0 Å². The zero-order chi connectivity index (χ0) is 31.8. The summed E-state index contributed by atoms with van der Waals surface area (Å²) in [5.41, 5.74) is 6.03. The molecule has 2 aliphatic rings. The first-order valence-electron chi connectivity index (χ1n) is 14.2. The van der Waals surface area contributed by atoms with E-state index in [2.05, 4.69) is 15.7 Å². The summed E-state index contributed by atoms with van der Waals surface area (Å²) in [5.74, 6) is -2.39. The molecule has 2 bridgehead atoms. The summed E-state index contributed by atoms with van der Waals surface area (Å²) in [4.78, 5) is 13.6. The van der Waals surface area contributed by atoms with Crippen LogP contribution in [0.25, 0.3) is 0 Å². The Kier molecular flexibility index (Phi) is 9.38. The number of nitrogens with two attached hydrogens (primary N) is 1. The Labute approximate surface area is 257 Å². The van der Waals surface area contributed by atoms with Gasteiger partial charge in [-0.25, -0.2) is 12.8 Å². The van der Waals surface area contributed by atoms with E-state index in [1.165, 1.54) is 34.6 Å². The molecule has 0 spiro atoms. The lowest BCUT2D eigenvalue weighted by molar-refractivity contribution is -0.143. The van der Waals surface area contributed by atoms with Crippen LogP contribution < -0.4 is 16.4 Å². The van der Waals surface area contributed by atoms with Crippen molar-refractivity contribution in [3.05, 3.63) is 81.9 Å². The number of aromatic nitrogens is 2. The molecule has 9 nitrogen and oxygen atoms in total. The number of halogens is 5. The van der Waals surface area contributed by atoms with E-state index in [0.29, 0.717) is 41.2 Å². The number of carbonyl (C=O) groups excluding carboxylic acids is 1. The van der Waals surface area contributed by atoms with Crippen LogP contribution >= 0.6 is 11.6 Å². The standard InChI is InChI=1S/C29H33ClF4N6O3S/c1-39-25(29(32,33)34)14-24(38-39)26(17-7-9-18(30)10-8-17)27(35)28(41)37-23-6-2-5-22(31)21(23)12-11-20-15-36-19-4-3-13-44(42,43)40(20)16-19/h2,5-10,14,19-20,26-27,36H,3-4,11-13,15-16,35H2,1H3,(H,37,41). The highest BCUT2D eigenvalue weighted by molar-refractivity contribution is 7.89. The molecule has 0 radical (unpaired) electrons. The van der Waals surface area contributed by atoms with Gasteiger partial charge in [0.1, 0.15) is 11.5 Å². The van der Waals surface area contributed by atoms with Gasteiger partial charge in [-0.15, -0.1) is 0 Å². The first-order chi connectivity index (χ1) is 20.7. The number of piperazine rings is 1. The average molecular weight is 657 g/mol. The Balaban J connectivity index is 1.39. The molecule has 3 heterocycles. The summed E-state index contributed by atoms with van der Waals surface area (Å²) in [6, 6.07) is 9.42. The lowest BCUT2D eigenvalue weighted by atomic mass is 9.88. The first-order valence-corrected chi connectivity index (χ1v) is 16.2. The second kappa shape index (κ2) is 12.8. The number of benzene rings is 2. The molecule has 0 aliphatic carbocycles. The van der Waals surface area contributed by atoms with Crippen LogP contribution in [-0.4, -0.2) is 65.4 Å². The van der Waals surface area contributed by atoms with Gasteiger partial charge in [0.15, 0.2) is 0 Å². The van der Waals surface area contributed by atoms with E-state index in [9.17, 15) is 26.4 Å². The van der Waals surface area contributed by atoms with E-state index in [0.717, 1.165) is 19.5 Å². The van der Waals surface area contributed by atoms with E-state index in [-0.39, 0.29) is 41.2 Å². The van der Waals surface area contributed by atoms with Gasteiger partial charge in [-0.3, -0.25) is 9.48 Å².